The first-order chi connectivity index (χ1) is 11.5. The molecule has 3 nitrogen and oxygen atoms in total. The molecule has 0 bridgehead atoms. The van der Waals surface area contributed by atoms with Crippen molar-refractivity contribution in [3.63, 3.8) is 0 Å². The van der Waals surface area contributed by atoms with E-state index in [2.05, 4.69) is 13.8 Å². The van der Waals surface area contributed by atoms with E-state index in [0.717, 1.165) is 11.5 Å². The van der Waals surface area contributed by atoms with Gasteiger partial charge in [-0.15, -0.1) is 0 Å². The van der Waals surface area contributed by atoms with Gasteiger partial charge in [-0.25, -0.2) is 0 Å². The summed E-state index contributed by atoms with van der Waals surface area (Å²) in [5.74, 6) is 3.25. The highest BCUT2D eigenvalue weighted by Gasteiger charge is 2.22. The second-order valence-corrected chi connectivity index (χ2v) is 8.73. The summed E-state index contributed by atoms with van der Waals surface area (Å²) in [6.45, 7) is 7.99. The molecule has 4 heteroatoms. The number of unbranched alkanes of at least 4 members (excludes halogenated alkanes) is 2. The van der Waals surface area contributed by atoms with E-state index in [1.165, 1.54) is 25.7 Å². The number of Topliss-reactive ketones (excluding diaryl/α,β-unsaturated/α-hetero) is 1. The molecule has 0 spiro atoms. The van der Waals surface area contributed by atoms with Gasteiger partial charge in [0.25, 0.3) is 0 Å². The van der Waals surface area contributed by atoms with Gasteiger partial charge in [0.15, 0.2) is 5.75 Å². The van der Waals surface area contributed by atoms with Gasteiger partial charge >= 0.3 is 5.97 Å². The van der Waals surface area contributed by atoms with Gasteiger partial charge < -0.3 is 4.74 Å². The van der Waals surface area contributed by atoms with Gasteiger partial charge in [0.2, 0.25) is 5.78 Å². The second-order valence-electron chi connectivity index (χ2n) is 6.40. The Kier molecular flexibility index (Phi) is 9.77. The zero-order valence-electron chi connectivity index (χ0n) is 15.5. The molecule has 0 saturated carbocycles. The Labute approximate surface area is 149 Å². The summed E-state index contributed by atoms with van der Waals surface area (Å²) < 4.78 is 5.25. The normalized spacial score (nSPS) is 11.1. The Morgan fingerprint density at radius 3 is 2.00 bits per heavy atom. The number of hydrogen-bond donors (Lipinski definition) is 0. The first kappa shape index (κ1) is 20.8. The Morgan fingerprint density at radius 1 is 1.00 bits per heavy atom. The van der Waals surface area contributed by atoms with Crippen LogP contribution in [-0.4, -0.2) is 29.0 Å². The Bertz CT molecular complexity index is 500. The van der Waals surface area contributed by atoms with Crippen molar-refractivity contribution in [3.05, 3.63) is 29.8 Å². The lowest BCUT2D eigenvalue weighted by Crippen LogP contribution is -2.22. The third kappa shape index (κ3) is 7.52. The maximum absolute atomic E-state index is 12.5. The van der Waals surface area contributed by atoms with E-state index < -0.39 is 0 Å². The molecule has 0 N–H and O–H groups in total. The van der Waals surface area contributed by atoms with Crippen LogP contribution >= 0.6 is 0 Å². The van der Waals surface area contributed by atoms with E-state index in [4.69, 9.17) is 4.74 Å². The topological polar surface area (TPSA) is 43.4 Å². The number of carbonyl (C=O) groups excluding carboxylic acids is 2. The van der Waals surface area contributed by atoms with Gasteiger partial charge in [0.1, 0.15) is 17.3 Å². The molecule has 0 saturated heterocycles. The van der Waals surface area contributed by atoms with Crippen molar-refractivity contribution in [2.75, 3.05) is 17.3 Å². The van der Waals surface area contributed by atoms with Gasteiger partial charge in [-0.3, -0.25) is 9.59 Å². The molecule has 1 aromatic carbocycles. The van der Waals surface area contributed by atoms with Crippen molar-refractivity contribution in [2.45, 2.75) is 53.4 Å². The Balaban J connectivity index is 2.63. The standard InChI is InChI=1S/C20H31O3S/c1-5-7-13-24(14-8-6-2)15-19(21)17-9-11-18(12-10-17)23-20(22)16(3)4/h9-12,16H,5-8,13-15H2,1-4H3/q+1. The second kappa shape index (κ2) is 11.3. The molecule has 134 valence electrons. The van der Waals surface area contributed by atoms with Gasteiger partial charge in [-0.05, 0) is 48.0 Å². The SMILES string of the molecule is CCCC[S+](CCCC)CC(=O)c1ccc(OC(=O)C(C)C)cc1. The van der Waals surface area contributed by atoms with E-state index in [1.54, 1.807) is 38.1 Å². The van der Waals surface area contributed by atoms with Crippen LogP contribution in [-0.2, 0) is 15.7 Å². The summed E-state index contributed by atoms with van der Waals surface area (Å²) in [6.07, 6.45) is 4.76. The number of benzene rings is 1. The van der Waals surface area contributed by atoms with E-state index in [0.29, 0.717) is 17.1 Å². The third-order valence-electron chi connectivity index (χ3n) is 3.77. The predicted molar refractivity (Wildman–Crippen MR) is 103 cm³/mol. The number of esters is 1. The minimum absolute atomic E-state index is 0.162. The fourth-order valence-corrected chi connectivity index (χ4v) is 4.58. The van der Waals surface area contributed by atoms with E-state index in [9.17, 15) is 9.59 Å². The van der Waals surface area contributed by atoms with Crippen LogP contribution in [0.5, 0.6) is 5.75 Å². The number of ketones is 1. The summed E-state index contributed by atoms with van der Waals surface area (Å²) in [5.41, 5.74) is 0.713. The molecule has 0 atom stereocenters. The minimum Gasteiger partial charge on any atom is -0.426 e. The van der Waals surface area contributed by atoms with Gasteiger partial charge in [-0.2, -0.15) is 0 Å². The molecular weight excluding hydrogens is 320 g/mol. The highest BCUT2D eigenvalue weighted by atomic mass is 32.2. The van der Waals surface area contributed by atoms with Crippen molar-refractivity contribution >= 4 is 22.6 Å². The zero-order chi connectivity index (χ0) is 17.9. The molecule has 1 aromatic rings. The number of carbonyl (C=O) groups is 2. The van der Waals surface area contributed by atoms with Crippen LogP contribution in [0.2, 0.25) is 0 Å². The monoisotopic (exact) mass is 351 g/mol. The predicted octanol–water partition coefficient (Wildman–Crippen LogP) is 4.65. The number of hydrogen-bond acceptors (Lipinski definition) is 3. The quantitative estimate of drug-likeness (QED) is 0.252. The summed E-state index contributed by atoms with van der Waals surface area (Å²) in [6, 6.07) is 6.96. The van der Waals surface area contributed by atoms with Crippen LogP contribution in [0.4, 0.5) is 0 Å². The first-order valence-electron chi connectivity index (χ1n) is 8.97. The van der Waals surface area contributed by atoms with Crippen molar-refractivity contribution in [3.8, 4) is 5.75 Å². The average molecular weight is 352 g/mol. The van der Waals surface area contributed by atoms with Crippen molar-refractivity contribution in [2.24, 2.45) is 5.92 Å². The highest BCUT2D eigenvalue weighted by Crippen LogP contribution is 2.16. The molecule has 0 unspecified atom stereocenters. The van der Waals surface area contributed by atoms with Crippen LogP contribution in [0.25, 0.3) is 0 Å². The van der Waals surface area contributed by atoms with Crippen molar-refractivity contribution in [1.29, 1.82) is 0 Å². The van der Waals surface area contributed by atoms with E-state index in [-0.39, 0.29) is 28.6 Å². The summed E-state index contributed by atoms with van der Waals surface area (Å²) in [7, 11) is 0.190. The van der Waals surface area contributed by atoms with Crippen LogP contribution in [0.15, 0.2) is 24.3 Å². The van der Waals surface area contributed by atoms with E-state index in [1.807, 2.05) is 0 Å². The summed E-state index contributed by atoms with van der Waals surface area (Å²) >= 11 is 0. The zero-order valence-corrected chi connectivity index (χ0v) is 16.3. The maximum Gasteiger partial charge on any atom is 0.313 e. The first-order valence-corrected chi connectivity index (χ1v) is 10.7. The minimum atomic E-state index is -0.255. The van der Waals surface area contributed by atoms with Crippen LogP contribution in [0.1, 0.15) is 63.7 Å². The molecule has 0 aliphatic rings. The molecule has 0 aromatic heterocycles. The van der Waals surface area contributed by atoms with Crippen molar-refractivity contribution < 1.29 is 14.3 Å². The Hall–Kier alpha value is -1.29. The molecule has 24 heavy (non-hydrogen) atoms. The smallest absolute Gasteiger partial charge is 0.313 e. The van der Waals surface area contributed by atoms with Crippen LogP contribution in [0.3, 0.4) is 0 Å². The molecule has 0 radical (unpaired) electrons. The maximum atomic E-state index is 12.5. The fraction of sp³-hybridized carbons (Fsp3) is 0.600. The van der Waals surface area contributed by atoms with Crippen molar-refractivity contribution in [1.82, 2.24) is 0 Å². The molecule has 0 amide bonds. The number of ether oxygens (including phenoxy) is 1. The van der Waals surface area contributed by atoms with E-state index >= 15 is 0 Å². The Morgan fingerprint density at radius 2 is 1.54 bits per heavy atom. The van der Waals surface area contributed by atoms with Gasteiger partial charge in [0.05, 0.1) is 5.92 Å². The van der Waals surface area contributed by atoms with Crippen LogP contribution < -0.4 is 4.74 Å². The fourth-order valence-electron chi connectivity index (χ4n) is 2.15. The molecule has 0 fully saturated rings. The lowest BCUT2D eigenvalue weighted by atomic mass is 10.1. The lowest BCUT2D eigenvalue weighted by molar-refractivity contribution is -0.137. The summed E-state index contributed by atoms with van der Waals surface area (Å²) in [4.78, 5) is 24.1. The van der Waals surface area contributed by atoms with Crippen LogP contribution in [0, 0.1) is 5.92 Å². The highest BCUT2D eigenvalue weighted by molar-refractivity contribution is 7.97. The molecule has 0 aliphatic carbocycles. The molecule has 0 heterocycles. The average Bonchev–Trinajstić information content (AvgIpc) is 2.57. The largest absolute Gasteiger partial charge is 0.426 e. The summed E-state index contributed by atoms with van der Waals surface area (Å²) in [5, 5.41) is 0. The number of rotatable bonds is 11. The molecule has 0 aliphatic heterocycles. The lowest BCUT2D eigenvalue weighted by Gasteiger charge is -2.09. The third-order valence-corrected chi connectivity index (χ3v) is 6.18. The molecule has 1 rings (SSSR count). The van der Waals surface area contributed by atoms with Gasteiger partial charge in [0, 0.05) is 5.56 Å². The van der Waals surface area contributed by atoms with Gasteiger partial charge in [-0.1, -0.05) is 40.5 Å². The molecular formula is C20H31O3S+.